The first-order valence-electron chi connectivity index (χ1n) is 11.2. The van der Waals surface area contributed by atoms with E-state index in [-0.39, 0.29) is 30.5 Å². The summed E-state index contributed by atoms with van der Waals surface area (Å²) in [6, 6.07) is 15.4. The number of methoxy groups -OCH3 is 1. The minimum atomic E-state index is -0.185. The van der Waals surface area contributed by atoms with Gasteiger partial charge in [0.15, 0.2) is 11.5 Å². The molecule has 0 spiro atoms. The number of amides is 2. The van der Waals surface area contributed by atoms with E-state index in [0.717, 1.165) is 29.7 Å². The fourth-order valence-corrected chi connectivity index (χ4v) is 4.45. The second-order valence-corrected chi connectivity index (χ2v) is 8.44. The lowest BCUT2D eigenvalue weighted by atomic mass is 10.0. The van der Waals surface area contributed by atoms with Crippen LogP contribution in [0.25, 0.3) is 0 Å². The first-order valence-corrected chi connectivity index (χ1v) is 11.2. The molecule has 4 rings (SSSR count). The molecule has 170 valence electrons. The highest BCUT2D eigenvalue weighted by atomic mass is 16.5. The lowest BCUT2D eigenvalue weighted by Gasteiger charge is -2.28. The standard InChI is InChI=1S/C25H31N3O4/c1-27-21(19-12-13-22(31-2)23(14-19)32-20-10-6-7-11-20)15-25(30)28(27)17-24(29)26-16-18-8-4-3-5-9-18/h3-5,8-9,12-14,20-21H,6-7,10-11,15-17H2,1-2H3,(H,26,29). The van der Waals surface area contributed by atoms with Gasteiger partial charge >= 0.3 is 0 Å². The molecule has 32 heavy (non-hydrogen) atoms. The summed E-state index contributed by atoms with van der Waals surface area (Å²) in [5.41, 5.74) is 2.00. The number of ether oxygens (including phenoxy) is 2. The van der Waals surface area contributed by atoms with E-state index in [0.29, 0.717) is 18.7 Å². The zero-order valence-electron chi connectivity index (χ0n) is 18.8. The number of rotatable bonds is 8. The van der Waals surface area contributed by atoms with Gasteiger partial charge in [-0.2, -0.15) is 0 Å². The molecule has 1 heterocycles. The molecule has 2 amide bonds. The van der Waals surface area contributed by atoms with Gasteiger partial charge in [0.2, 0.25) is 11.8 Å². The van der Waals surface area contributed by atoms with Gasteiger partial charge in [0.25, 0.3) is 0 Å². The fourth-order valence-electron chi connectivity index (χ4n) is 4.45. The summed E-state index contributed by atoms with van der Waals surface area (Å²) in [7, 11) is 3.49. The van der Waals surface area contributed by atoms with Crippen molar-refractivity contribution in [3.05, 3.63) is 59.7 Å². The molecule has 1 atom stereocenters. The van der Waals surface area contributed by atoms with E-state index in [1.165, 1.54) is 17.9 Å². The van der Waals surface area contributed by atoms with Gasteiger partial charge in [-0.1, -0.05) is 36.4 Å². The smallest absolute Gasteiger partial charge is 0.241 e. The van der Waals surface area contributed by atoms with Crippen molar-refractivity contribution in [2.24, 2.45) is 0 Å². The zero-order valence-corrected chi connectivity index (χ0v) is 18.8. The van der Waals surface area contributed by atoms with Crippen LogP contribution in [-0.2, 0) is 16.1 Å². The van der Waals surface area contributed by atoms with E-state index in [2.05, 4.69) is 5.32 Å². The van der Waals surface area contributed by atoms with E-state index in [1.807, 2.05) is 60.6 Å². The third-order valence-corrected chi connectivity index (χ3v) is 6.28. The molecular formula is C25H31N3O4. The molecule has 1 aliphatic heterocycles. The van der Waals surface area contributed by atoms with Gasteiger partial charge in [0, 0.05) is 20.0 Å². The molecular weight excluding hydrogens is 406 g/mol. The first kappa shape index (κ1) is 22.1. The van der Waals surface area contributed by atoms with Crippen molar-refractivity contribution in [1.29, 1.82) is 0 Å². The average molecular weight is 438 g/mol. The Balaban J connectivity index is 1.41. The number of nitrogens with one attached hydrogen (secondary N) is 1. The summed E-state index contributed by atoms with van der Waals surface area (Å²) >= 11 is 0. The molecule has 0 bridgehead atoms. The molecule has 0 radical (unpaired) electrons. The van der Waals surface area contributed by atoms with Crippen LogP contribution in [0.2, 0.25) is 0 Å². The predicted molar refractivity (Wildman–Crippen MR) is 121 cm³/mol. The maximum absolute atomic E-state index is 12.7. The Morgan fingerprint density at radius 3 is 2.56 bits per heavy atom. The molecule has 1 aliphatic carbocycles. The summed E-state index contributed by atoms with van der Waals surface area (Å²) in [6.07, 6.45) is 5.02. The number of hydrogen-bond acceptors (Lipinski definition) is 5. The molecule has 1 saturated heterocycles. The summed E-state index contributed by atoms with van der Waals surface area (Å²) < 4.78 is 11.7. The Kier molecular flexibility index (Phi) is 6.95. The van der Waals surface area contributed by atoms with Crippen LogP contribution in [-0.4, -0.2) is 48.6 Å². The van der Waals surface area contributed by atoms with Gasteiger partial charge in [-0.05, 0) is 48.9 Å². The number of benzene rings is 2. The number of carbonyl (C=O) groups is 2. The topological polar surface area (TPSA) is 71.1 Å². The average Bonchev–Trinajstić information content (AvgIpc) is 3.42. The zero-order chi connectivity index (χ0) is 22.5. The Morgan fingerprint density at radius 1 is 1.09 bits per heavy atom. The summed E-state index contributed by atoms with van der Waals surface area (Å²) in [4.78, 5) is 25.2. The molecule has 1 saturated carbocycles. The monoisotopic (exact) mass is 437 g/mol. The Morgan fingerprint density at radius 2 is 1.84 bits per heavy atom. The lowest BCUT2D eigenvalue weighted by molar-refractivity contribution is -0.143. The van der Waals surface area contributed by atoms with Crippen molar-refractivity contribution in [3.8, 4) is 11.5 Å². The molecule has 2 aromatic carbocycles. The number of hydrazine groups is 1. The van der Waals surface area contributed by atoms with Crippen molar-refractivity contribution in [2.75, 3.05) is 20.7 Å². The molecule has 2 aliphatic rings. The second kappa shape index (κ2) is 10.0. The third kappa shape index (κ3) is 5.05. The van der Waals surface area contributed by atoms with Gasteiger partial charge < -0.3 is 14.8 Å². The van der Waals surface area contributed by atoms with Gasteiger partial charge in [0.05, 0.1) is 19.3 Å². The van der Waals surface area contributed by atoms with Gasteiger partial charge in [-0.3, -0.25) is 14.6 Å². The molecule has 1 unspecified atom stereocenters. The molecule has 2 fully saturated rings. The summed E-state index contributed by atoms with van der Waals surface area (Å²) in [5.74, 6) is 1.16. The van der Waals surface area contributed by atoms with Crippen LogP contribution in [0.15, 0.2) is 48.5 Å². The molecule has 1 N–H and O–H groups in total. The van der Waals surface area contributed by atoms with E-state index >= 15 is 0 Å². The lowest BCUT2D eigenvalue weighted by Crippen LogP contribution is -2.44. The Labute approximate surface area is 189 Å². The first-order chi connectivity index (χ1) is 15.5. The summed E-state index contributed by atoms with van der Waals surface area (Å²) in [5, 5.41) is 6.26. The van der Waals surface area contributed by atoms with Crippen LogP contribution >= 0.6 is 0 Å². The van der Waals surface area contributed by atoms with E-state index in [4.69, 9.17) is 9.47 Å². The van der Waals surface area contributed by atoms with Crippen LogP contribution in [0.4, 0.5) is 0 Å². The largest absolute Gasteiger partial charge is 0.493 e. The molecule has 7 nitrogen and oxygen atoms in total. The van der Waals surface area contributed by atoms with Crippen LogP contribution in [0, 0.1) is 0 Å². The van der Waals surface area contributed by atoms with Crippen LogP contribution in [0.3, 0.4) is 0 Å². The van der Waals surface area contributed by atoms with E-state index in [1.54, 1.807) is 7.11 Å². The highest BCUT2D eigenvalue weighted by Crippen LogP contribution is 2.38. The molecule has 7 heteroatoms. The highest BCUT2D eigenvalue weighted by molar-refractivity contribution is 5.86. The van der Waals surface area contributed by atoms with Crippen molar-refractivity contribution in [3.63, 3.8) is 0 Å². The van der Waals surface area contributed by atoms with Gasteiger partial charge in [0.1, 0.15) is 6.54 Å². The quantitative estimate of drug-likeness (QED) is 0.685. The van der Waals surface area contributed by atoms with Crippen LogP contribution < -0.4 is 14.8 Å². The van der Waals surface area contributed by atoms with Crippen molar-refractivity contribution in [1.82, 2.24) is 15.3 Å². The van der Waals surface area contributed by atoms with Gasteiger partial charge in [-0.25, -0.2) is 5.01 Å². The maximum atomic E-state index is 12.7. The maximum Gasteiger partial charge on any atom is 0.241 e. The minimum absolute atomic E-state index is 0.000251. The fraction of sp³-hybridized carbons (Fsp3) is 0.440. The van der Waals surface area contributed by atoms with Crippen molar-refractivity contribution < 1.29 is 19.1 Å². The number of carbonyl (C=O) groups excluding carboxylic acids is 2. The van der Waals surface area contributed by atoms with Crippen LogP contribution in [0.5, 0.6) is 11.5 Å². The SMILES string of the molecule is COc1ccc(C2CC(=O)N(CC(=O)NCc3ccccc3)N2C)cc1OC1CCCC1. The predicted octanol–water partition coefficient (Wildman–Crippen LogP) is 3.45. The minimum Gasteiger partial charge on any atom is -0.493 e. The Bertz CT molecular complexity index is 943. The number of nitrogens with zero attached hydrogens (tertiary/aromatic N) is 2. The van der Waals surface area contributed by atoms with Crippen molar-refractivity contribution >= 4 is 11.8 Å². The summed E-state index contributed by atoms with van der Waals surface area (Å²) in [6.45, 7) is 0.440. The molecule has 2 aromatic rings. The van der Waals surface area contributed by atoms with Crippen LogP contribution in [0.1, 0.15) is 49.3 Å². The Hall–Kier alpha value is -3.06. The third-order valence-electron chi connectivity index (χ3n) is 6.28. The highest BCUT2D eigenvalue weighted by Gasteiger charge is 2.37. The number of hydrogen-bond donors (Lipinski definition) is 1. The van der Waals surface area contributed by atoms with Crippen molar-refractivity contribution in [2.45, 2.75) is 50.8 Å². The van der Waals surface area contributed by atoms with E-state index in [9.17, 15) is 9.59 Å². The molecule has 0 aromatic heterocycles. The normalized spacial score (nSPS) is 19.4. The second-order valence-electron chi connectivity index (χ2n) is 8.44. The van der Waals surface area contributed by atoms with E-state index < -0.39 is 0 Å². The van der Waals surface area contributed by atoms with Gasteiger partial charge in [-0.15, -0.1) is 0 Å².